The van der Waals surface area contributed by atoms with Crippen LogP contribution in [0.3, 0.4) is 0 Å². The average Bonchev–Trinajstić information content (AvgIpc) is 2.94. The number of rotatable bonds is 2. The number of hydrogen-bond donors (Lipinski definition) is 1. The van der Waals surface area contributed by atoms with Crippen LogP contribution in [0.2, 0.25) is 0 Å². The van der Waals surface area contributed by atoms with Gasteiger partial charge in [-0.25, -0.2) is 9.37 Å². The van der Waals surface area contributed by atoms with Gasteiger partial charge in [0.15, 0.2) is 11.6 Å². The molecule has 1 N–H and O–H groups in total. The summed E-state index contributed by atoms with van der Waals surface area (Å²) in [5, 5.41) is 9.73. The van der Waals surface area contributed by atoms with Crippen LogP contribution in [-0.2, 0) is 4.79 Å². The summed E-state index contributed by atoms with van der Waals surface area (Å²) in [5.74, 6) is 0.348. The molecule has 3 aliphatic rings. The monoisotopic (exact) mass is 361 g/mol. The molecule has 2 saturated heterocycles. The van der Waals surface area contributed by atoms with Crippen LogP contribution in [0.1, 0.15) is 50.5 Å². The van der Waals surface area contributed by atoms with Gasteiger partial charge >= 0.3 is 0 Å². The van der Waals surface area contributed by atoms with Crippen molar-refractivity contribution in [1.82, 2.24) is 9.88 Å². The standard InChI is InChI=1S/C20H28FN3O2/c1-14-7-10-22-18(17(14)21)23-11-2-8-20(13-23)9-12-24(19(20)26)15-3-5-16(25)6-4-15/h7,10,15-16,25H,2-6,8-9,11-13H2,1H3/t15-,16-,20?. The lowest BCUT2D eigenvalue weighted by Gasteiger charge is -2.41. The smallest absolute Gasteiger partial charge is 0.230 e. The highest BCUT2D eigenvalue weighted by atomic mass is 19.1. The first-order valence-corrected chi connectivity index (χ1v) is 9.85. The quantitative estimate of drug-likeness (QED) is 0.880. The molecule has 1 amide bonds. The van der Waals surface area contributed by atoms with Crippen molar-refractivity contribution < 1.29 is 14.3 Å². The lowest BCUT2D eigenvalue weighted by molar-refractivity contribution is -0.139. The second kappa shape index (κ2) is 6.80. The molecule has 1 unspecified atom stereocenters. The number of anilines is 1. The Labute approximate surface area is 154 Å². The molecule has 142 valence electrons. The van der Waals surface area contributed by atoms with E-state index in [1.165, 1.54) is 0 Å². The molecule has 1 aliphatic carbocycles. The van der Waals surface area contributed by atoms with Crippen LogP contribution < -0.4 is 4.90 Å². The number of piperidine rings is 1. The molecule has 1 spiro atoms. The minimum absolute atomic E-state index is 0.210. The Morgan fingerprint density at radius 1 is 1.23 bits per heavy atom. The average molecular weight is 361 g/mol. The number of likely N-dealkylation sites (tertiary alicyclic amines) is 1. The van der Waals surface area contributed by atoms with Gasteiger partial charge in [0.1, 0.15) is 0 Å². The molecule has 26 heavy (non-hydrogen) atoms. The summed E-state index contributed by atoms with van der Waals surface area (Å²) in [6, 6.07) is 1.94. The van der Waals surface area contributed by atoms with Crippen LogP contribution in [0.4, 0.5) is 10.2 Å². The summed E-state index contributed by atoms with van der Waals surface area (Å²) >= 11 is 0. The van der Waals surface area contributed by atoms with Crippen LogP contribution in [0, 0.1) is 18.2 Å². The number of amides is 1. The maximum Gasteiger partial charge on any atom is 0.230 e. The van der Waals surface area contributed by atoms with Crippen molar-refractivity contribution in [3.05, 3.63) is 23.6 Å². The highest BCUT2D eigenvalue weighted by Gasteiger charge is 2.51. The van der Waals surface area contributed by atoms with E-state index >= 15 is 0 Å². The summed E-state index contributed by atoms with van der Waals surface area (Å²) in [7, 11) is 0. The number of carbonyl (C=O) groups excluding carboxylic acids is 1. The summed E-state index contributed by atoms with van der Waals surface area (Å²) in [5.41, 5.74) is 0.196. The Morgan fingerprint density at radius 3 is 2.77 bits per heavy atom. The first-order chi connectivity index (χ1) is 12.5. The van der Waals surface area contributed by atoms with Crippen LogP contribution >= 0.6 is 0 Å². The molecule has 0 bridgehead atoms. The third-order valence-corrected chi connectivity index (χ3v) is 6.59. The third kappa shape index (κ3) is 2.98. The van der Waals surface area contributed by atoms with E-state index < -0.39 is 5.41 Å². The number of hydrogen-bond acceptors (Lipinski definition) is 4. The van der Waals surface area contributed by atoms with Gasteiger partial charge < -0.3 is 14.9 Å². The summed E-state index contributed by atoms with van der Waals surface area (Å²) in [6.45, 7) is 3.85. The largest absolute Gasteiger partial charge is 0.393 e. The van der Waals surface area contributed by atoms with E-state index in [0.29, 0.717) is 17.9 Å². The number of aromatic nitrogens is 1. The van der Waals surface area contributed by atoms with Gasteiger partial charge in [0.2, 0.25) is 5.91 Å². The summed E-state index contributed by atoms with van der Waals surface area (Å²) in [6.07, 6.45) is 7.39. The number of nitrogens with zero attached hydrogens (tertiary/aromatic N) is 3. The Kier molecular flexibility index (Phi) is 4.63. The van der Waals surface area contributed by atoms with Crippen molar-refractivity contribution >= 4 is 11.7 Å². The molecular weight excluding hydrogens is 333 g/mol. The molecule has 2 aliphatic heterocycles. The molecule has 4 rings (SSSR count). The van der Waals surface area contributed by atoms with Crippen molar-refractivity contribution in [3.8, 4) is 0 Å². The van der Waals surface area contributed by atoms with Gasteiger partial charge in [0, 0.05) is 31.9 Å². The van der Waals surface area contributed by atoms with E-state index in [-0.39, 0.29) is 23.9 Å². The molecule has 3 fully saturated rings. The van der Waals surface area contributed by atoms with Gasteiger partial charge in [-0.1, -0.05) is 0 Å². The molecule has 0 radical (unpaired) electrons. The van der Waals surface area contributed by atoms with E-state index in [4.69, 9.17) is 0 Å². The Bertz CT molecular complexity index is 690. The van der Waals surface area contributed by atoms with Gasteiger partial charge in [0.25, 0.3) is 0 Å². The molecule has 1 saturated carbocycles. The van der Waals surface area contributed by atoms with Gasteiger partial charge in [-0.3, -0.25) is 4.79 Å². The molecule has 0 aromatic carbocycles. The molecule has 6 heteroatoms. The lowest BCUT2D eigenvalue weighted by Crippen LogP contribution is -2.50. The Morgan fingerprint density at radius 2 is 2.00 bits per heavy atom. The predicted octanol–water partition coefficient (Wildman–Crippen LogP) is 2.65. The van der Waals surface area contributed by atoms with Gasteiger partial charge in [-0.15, -0.1) is 0 Å². The van der Waals surface area contributed by atoms with Crippen LogP contribution in [0.25, 0.3) is 0 Å². The SMILES string of the molecule is Cc1ccnc(N2CCCC3(CCN([C@H]4CC[C@H](O)CC4)C3=O)C2)c1F. The second-order valence-electron chi connectivity index (χ2n) is 8.28. The molecule has 3 heterocycles. The van der Waals surface area contributed by atoms with Crippen LogP contribution in [0.15, 0.2) is 12.3 Å². The van der Waals surface area contributed by atoms with Gasteiger partial charge in [0.05, 0.1) is 11.5 Å². The summed E-state index contributed by atoms with van der Waals surface area (Å²) in [4.78, 5) is 21.6. The number of pyridine rings is 1. The zero-order chi connectivity index (χ0) is 18.3. The Balaban J connectivity index is 1.52. The van der Waals surface area contributed by atoms with E-state index in [0.717, 1.165) is 58.0 Å². The van der Waals surface area contributed by atoms with E-state index in [9.17, 15) is 14.3 Å². The normalized spacial score (nSPS) is 32.5. The minimum Gasteiger partial charge on any atom is -0.393 e. The van der Waals surface area contributed by atoms with Crippen molar-refractivity contribution in [3.63, 3.8) is 0 Å². The highest BCUT2D eigenvalue weighted by molar-refractivity contribution is 5.86. The van der Waals surface area contributed by atoms with Gasteiger partial charge in [-0.2, -0.15) is 0 Å². The Hall–Kier alpha value is -1.69. The molecule has 1 aromatic rings. The maximum absolute atomic E-state index is 14.5. The number of aryl methyl sites for hydroxylation is 1. The topological polar surface area (TPSA) is 56.7 Å². The van der Waals surface area contributed by atoms with E-state index in [1.54, 1.807) is 19.2 Å². The van der Waals surface area contributed by atoms with Crippen LogP contribution in [-0.4, -0.2) is 52.7 Å². The highest BCUT2D eigenvalue weighted by Crippen LogP contribution is 2.43. The van der Waals surface area contributed by atoms with Crippen LogP contribution in [0.5, 0.6) is 0 Å². The van der Waals surface area contributed by atoms with Crippen molar-refractivity contribution in [2.75, 3.05) is 24.5 Å². The number of aliphatic hydroxyl groups excluding tert-OH is 1. The second-order valence-corrected chi connectivity index (χ2v) is 8.28. The van der Waals surface area contributed by atoms with Crippen molar-refractivity contribution in [2.45, 2.75) is 64.0 Å². The first-order valence-electron chi connectivity index (χ1n) is 9.85. The van der Waals surface area contributed by atoms with Crippen molar-refractivity contribution in [2.24, 2.45) is 5.41 Å². The zero-order valence-electron chi connectivity index (χ0n) is 15.5. The fourth-order valence-corrected chi connectivity index (χ4v) is 5.00. The molecular formula is C20H28FN3O2. The van der Waals surface area contributed by atoms with E-state index in [2.05, 4.69) is 9.88 Å². The number of halogens is 1. The molecule has 1 aromatic heterocycles. The fraction of sp³-hybridized carbons (Fsp3) is 0.700. The lowest BCUT2D eigenvalue weighted by atomic mass is 9.78. The van der Waals surface area contributed by atoms with E-state index in [1.807, 2.05) is 4.90 Å². The maximum atomic E-state index is 14.5. The zero-order valence-corrected chi connectivity index (χ0v) is 15.5. The summed E-state index contributed by atoms with van der Waals surface area (Å²) < 4.78 is 14.5. The first kappa shape index (κ1) is 17.7. The van der Waals surface area contributed by atoms with Gasteiger partial charge in [-0.05, 0) is 63.5 Å². The molecule has 5 nitrogen and oxygen atoms in total. The minimum atomic E-state index is -0.397. The molecule has 1 atom stereocenters. The fourth-order valence-electron chi connectivity index (χ4n) is 5.00. The predicted molar refractivity (Wildman–Crippen MR) is 97.4 cm³/mol. The number of aliphatic hydroxyl groups is 1. The number of carbonyl (C=O) groups is 1. The third-order valence-electron chi connectivity index (χ3n) is 6.59. The van der Waals surface area contributed by atoms with Crippen molar-refractivity contribution in [1.29, 1.82) is 0 Å².